The highest BCUT2D eigenvalue weighted by atomic mass is 79.9. The highest BCUT2D eigenvalue weighted by molar-refractivity contribution is 9.10. The van der Waals surface area contributed by atoms with E-state index in [1.807, 2.05) is 6.92 Å². The minimum Gasteiger partial charge on any atom is -0.508 e. The van der Waals surface area contributed by atoms with Crippen LogP contribution in [0.2, 0.25) is 0 Å². The Morgan fingerprint density at radius 1 is 1.46 bits per heavy atom. The van der Waals surface area contributed by atoms with E-state index in [2.05, 4.69) is 15.9 Å². The van der Waals surface area contributed by atoms with Crippen molar-refractivity contribution in [2.45, 2.75) is 13.5 Å². The van der Waals surface area contributed by atoms with Crippen molar-refractivity contribution in [1.82, 2.24) is 5.06 Å². The Bertz CT molecular complexity index is 313. The summed E-state index contributed by atoms with van der Waals surface area (Å²) in [6.07, 6.45) is 0. The average Bonchev–Trinajstić information content (AvgIpc) is 2.05. The SMILES string of the molecule is Cc1c(Br)ccc(O)c1CN(C)O. The van der Waals surface area contributed by atoms with Crippen molar-refractivity contribution >= 4 is 15.9 Å². The van der Waals surface area contributed by atoms with Crippen LogP contribution in [0.15, 0.2) is 16.6 Å². The van der Waals surface area contributed by atoms with Crippen LogP contribution in [0, 0.1) is 6.92 Å². The second-order valence-electron chi connectivity index (χ2n) is 2.99. The smallest absolute Gasteiger partial charge is 0.120 e. The van der Waals surface area contributed by atoms with Gasteiger partial charge in [-0.15, -0.1) is 0 Å². The Morgan fingerprint density at radius 3 is 2.62 bits per heavy atom. The molecular weight excluding hydrogens is 234 g/mol. The van der Waals surface area contributed by atoms with Crippen molar-refractivity contribution in [2.24, 2.45) is 0 Å². The number of nitrogens with zero attached hydrogens (tertiary/aromatic N) is 1. The molecule has 4 heteroatoms. The van der Waals surface area contributed by atoms with Crippen molar-refractivity contribution in [2.75, 3.05) is 7.05 Å². The zero-order valence-corrected chi connectivity index (χ0v) is 9.17. The molecule has 0 radical (unpaired) electrons. The van der Waals surface area contributed by atoms with E-state index in [9.17, 15) is 5.11 Å². The molecule has 13 heavy (non-hydrogen) atoms. The van der Waals surface area contributed by atoms with E-state index in [1.165, 1.54) is 0 Å². The van der Waals surface area contributed by atoms with Crippen LogP contribution in [0.3, 0.4) is 0 Å². The van der Waals surface area contributed by atoms with Gasteiger partial charge in [-0.25, -0.2) is 0 Å². The fourth-order valence-corrected chi connectivity index (χ4v) is 1.51. The highest BCUT2D eigenvalue weighted by Gasteiger charge is 2.08. The number of aromatic hydroxyl groups is 1. The molecule has 0 spiro atoms. The van der Waals surface area contributed by atoms with Crippen molar-refractivity contribution < 1.29 is 10.3 Å². The fourth-order valence-electron chi connectivity index (χ4n) is 1.14. The number of hydroxylamine groups is 2. The monoisotopic (exact) mass is 245 g/mol. The lowest BCUT2D eigenvalue weighted by atomic mass is 10.1. The highest BCUT2D eigenvalue weighted by Crippen LogP contribution is 2.27. The first-order valence-electron chi connectivity index (χ1n) is 3.89. The maximum absolute atomic E-state index is 9.51. The van der Waals surface area contributed by atoms with E-state index >= 15 is 0 Å². The van der Waals surface area contributed by atoms with E-state index < -0.39 is 0 Å². The van der Waals surface area contributed by atoms with Crippen LogP contribution in [0.1, 0.15) is 11.1 Å². The standard InChI is InChI=1S/C9H12BrNO2/c1-6-7(5-11(2)13)9(12)4-3-8(6)10/h3-4,12-13H,5H2,1-2H3. The zero-order valence-electron chi connectivity index (χ0n) is 7.58. The number of benzene rings is 1. The molecule has 0 fully saturated rings. The van der Waals surface area contributed by atoms with Crippen LogP contribution in [-0.2, 0) is 6.54 Å². The Morgan fingerprint density at radius 2 is 2.08 bits per heavy atom. The molecule has 1 rings (SSSR count). The molecule has 0 aliphatic heterocycles. The number of phenolic OH excluding ortho intramolecular Hbond substituents is 1. The quantitative estimate of drug-likeness (QED) is 0.787. The molecule has 0 saturated heterocycles. The van der Waals surface area contributed by atoms with Crippen molar-refractivity contribution in [3.05, 3.63) is 27.7 Å². The molecule has 0 aromatic heterocycles. The lowest BCUT2D eigenvalue weighted by Crippen LogP contribution is -2.12. The van der Waals surface area contributed by atoms with Gasteiger partial charge in [-0.1, -0.05) is 15.9 Å². The van der Waals surface area contributed by atoms with Crippen LogP contribution >= 0.6 is 15.9 Å². The minimum absolute atomic E-state index is 0.210. The lowest BCUT2D eigenvalue weighted by molar-refractivity contribution is -0.0737. The van der Waals surface area contributed by atoms with Crippen LogP contribution in [0.5, 0.6) is 5.75 Å². The van der Waals surface area contributed by atoms with Gasteiger partial charge in [0.05, 0.1) is 6.54 Å². The van der Waals surface area contributed by atoms with Crippen molar-refractivity contribution in [1.29, 1.82) is 0 Å². The third-order valence-electron chi connectivity index (χ3n) is 1.89. The molecule has 0 aliphatic rings. The molecule has 0 atom stereocenters. The fraction of sp³-hybridized carbons (Fsp3) is 0.333. The van der Waals surface area contributed by atoms with Gasteiger partial charge in [-0.3, -0.25) is 0 Å². The second-order valence-corrected chi connectivity index (χ2v) is 3.84. The van der Waals surface area contributed by atoms with E-state index in [1.54, 1.807) is 19.2 Å². The van der Waals surface area contributed by atoms with Crippen LogP contribution < -0.4 is 0 Å². The number of hydrogen-bond acceptors (Lipinski definition) is 3. The third-order valence-corrected chi connectivity index (χ3v) is 2.75. The summed E-state index contributed by atoms with van der Waals surface area (Å²) in [5, 5.41) is 19.6. The first-order chi connectivity index (χ1) is 6.02. The van der Waals surface area contributed by atoms with Gasteiger partial charge in [-0.2, -0.15) is 5.06 Å². The van der Waals surface area contributed by atoms with Gasteiger partial charge >= 0.3 is 0 Å². The molecule has 0 unspecified atom stereocenters. The second kappa shape index (κ2) is 4.09. The predicted molar refractivity (Wildman–Crippen MR) is 53.8 cm³/mol. The summed E-state index contributed by atoms with van der Waals surface area (Å²) < 4.78 is 0.933. The summed E-state index contributed by atoms with van der Waals surface area (Å²) in [5.74, 6) is 0.210. The summed E-state index contributed by atoms with van der Waals surface area (Å²) in [7, 11) is 1.54. The Labute approximate surface area is 85.7 Å². The van der Waals surface area contributed by atoms with Gasteiger partial charge in [0.2, 0.25) is 0 Å². The third kappa shape index (κ3) is 2.43. The number of hydrogen-bond donors (Lipinski definition) is 2. The summed E-state index contributed by atoms with van der Waals surface area (Å²) in [4.78, 5) is 0. The molecule has 0 amide bonds. The largest absolute Gasteiger partial charge is 0.508 e. The van der Waals surface area contributed by atoms with Gasteiger partial charge < -0.3 is 10.3 Å². The zero-order chi connectivity index (χ0) is 10.0. The summed E-state index contributed by atoms with van der Waals surface area (Å²) in [6.45, 7) is 2.21. The molecule has 1 aromatic rings. The molecule has 1 aromatic carbocycles. The first kappa shape index (κ1) is 10.5. The molecule has 72 valence electrons. The first-order valence-corrected chi connectivity index (χ1v) is 4.68. The molecular formula is C9H12BrNO2. The Kier molecular flexibility index (Phi) is 3.30. The topological polar surface area (TPSA) is 43.7 Å². The normalized spacial score (nSPS) is 10.8. The van der Waals surface area contributed by atoms with Crippen LogP contribution in [0.4, 0.5) is 0 Å². The van der Waals surface area contributed by atoms with Crippen molar-refractivity contribution in [3.8, 4) is 5.75 Å². The van der Waals surface area contributed by atoms with Crippen LogP contribution in [0.25, 0.3) is 0 Å². The van der Waals surface area contributed by atoms with Gasteiger partial charge in [0.25, 0.3) is 0 Å². The summed E-state index contributed by atoms with van der Waals surface area (Å²) >= 11 is 3.36. The number of phenols is 1. The molecule has 0 saturated carbocycles. The Balaban J connectivity index is 3.10. The van der Waals surface area contributed by atoms with E-state index in [0.717, 1.165) is 20.7 Å². The lowest BCUT2D eigenvalue weighted by Gasteiger charge is -2.13. The van der Waals surface area contributed by atoms with E-state index in [-0.39, 0.29) is 5.75 Å². The van der Waals surface area contributed by atoms with E-state index in [0.29, 0.717) is 6.54 Å². The van der Waals surface area contributed by atoms with Crippen LogP contribution in [-0.4, -0.2) is 22.4 Å². The molecule has 0 aliphatic carbocycles. The predicted octanol–water partition coefficient (Wildman–Crippen LogP) is 2.28. The molecule has 0 heterocycles. The van der Waals surface area contributed by atoms with E-state index in [4.69, 9.17) is 5.21 Å². The molecule has 0 bridgehead atoms. The van der Waals surface area contributed by atoms with Gasteiger partial charge in [-0.05, 0) is 24.6 Å². The number of halogens is 1. The maximum atomic E-state index is 9.51. The minimum atomic E-state index is 0.210. The average molecular weight is 246 g/mol. The van der Waals surface area contributed by atoms with Crippen molar-refractivity contribution in [3.63, 3.8) is 0 Å². The van der Waals surface area contributed by atoms with Gasteiger partial charge in [0, 0.05) is 17.1 Å². The maximum Gasteiger partial charge on any atom is 0.120 e. The van der Waals surface area contributed by atoms with Gasteiger partial charge in [0.15, 0.2) is 0 Å². The molecule has 2 N–H and O–H groups in total. The molecule has 3 nitrogen and oxygen atoms in total. The van der Waals surface area contributed by atoms with Gasteiger partial charge in [0.1, 0.15) is 5.75 Å². The summed E-state index contributed by atoms with van der Waals surface area (Å²) in [6, 6.07) is 3.39. The Hall–Kier alpha value is -0.580. The summed E-state index contributed by atoms with van der Waals surface area (Å²) in [5.41, 5.74) is 1.68. The number of rotatable bonds is 2.